The van der Waals surface area contributed by atoms with Crippen molar-refractivity contribution in [1.82, 2.24) is 9.55 Å². The lowest BCUT2D eigenvalue weighted by atomic mass is 9.96. The third-order valence-electron chi connectivity index (χ3n) is 5.72. The third-order valence-corrected chi connectivity index (χ3v) is 7.85. The van der Waals surface area contributed by atoms with Crippen molar-refractivity contribution in [3.63, 3.8) is 0 Å². The number of carbonyl (C=O) groups is 2. The maximum atomic E-state index is 16.1. The summed E-state index contributed by atoms with van der Waals surface area (Å²) in [6.07, 6.45) is -4.37. The van der Waals surface area contributed by atoms with Crippen molar-refractivity contribution in [2.45, 2.75) is 64.1 Å². The zero-order valence-corrected chi connectivity index (χ0v) is 22.2. The lowest BCUT2D eigenvalue weighted by Gasteiger charge is -2.28. The van der Waals surface area contributed by atoms with E-state index in [4.69, 9.17) is 18.5 Å². The van der Waals surface area contributed by atoms with Crippen LogP contribution in [0.4, 0.5) is 14.6 Å². The smallest absolute Gasteiger partial charge is 0.364 e. The van der Waals surface area contributed by atoms with Crippen LogP contribution in [0.2, 0.25) is 0 Å². The maximum Gasteiger partial charge on any atom is 0.364 e. The number of carbonyl (C=O) groups excluding carboxylic acids is 2. The Kier molecular flexibility index (Phi) is 9.53. The van der Waals surface area contributed by atoms with Crippen LogP contribution in [-0.4, -0.2) is 58.4 Å². The number of amides is 1. The van der Waals surface area contributed by atoms with E-state index in [1.807, 2.05) is 0 Å². The number of hydrogen-bond acceptors (Lipinski definition) is 9. The van der Waals surface area contributed by atoms with Gasteiger partial charge in [-0.05, 0) is 39.0 Å². The molecule has 1 unspecified atom stereocenters. The molecular weight excluding hydrogens is 527 g/mol. The Labute approximate surface area is 218 Å². The highest BCUT2D eigenvalue weighted by molar-refractivity contribution is 7.54. The van der Waals surface area contributed by atoms with Gasteiger partial charge in [-0.3, -0.25) is 18.7 Å². The SMILES string of the molecule is CCOP(=O)(OCC)C(F)C[C@H]1O[C@@H](n2ccc(NC(=O)c3ccccc3)nc2=O)[C@](C)(F)[C@@H]1OC(C)=O. The van der Waals surface area contributed by atoms with Crippen molar-refractivity contribution in [2.75, 3.05) is 18.5 Å². The highest BCUT2D eigenvalue weighted by Gasteiger charge is 2.59. The van der Waals surface area contributed by atoms with E-state index in [0.717, 1.165) is 24.6 Å². The summed E-state index contributed by atoms with van der Waals surface area (Å²) in [5.41, 5.74) is -3.19. The van der Waals surface area contributed by atoms with Gasteiger partial charge in [-0.15, -0.1) is 0 Å². The van der Waals surface area contributed by atoms with E-state index in [2.05, 4.69) is 10.3 Å². The number of esters is 1. The van der Waals surface area contributed by atoms with Crippen LogP contribution in [0.1, 0.15) is 50.7 Å². The maximum absolute atomic E-state index is 16.1. The van der Waals surface area contributed by atoms with Gasteiger partial charge in [0.1, 0.15) is 11.9 Å². The van der Waals surface area contributed by atoms with E-state index in [1.165, 1.54) is 19.9 Å². The minimum atomic E-state index is -4.24. The first kappa shape index (κ1) is 29.6. The molecule has 0 aliphatic carbocycles. The first-order valence-corrected chi connectivity index (χ1v) is 13.5. The number of nitrogens with one attached hydrogen (secondary N) is 1. The lowest BCUT2D eigenvalue weighted by molar-refractivity contribution is -0.155. The Hall–Kier alpha value is -2.99. The molecule has 11 nitrogen and oxygen atoms in total. The second kappa shape index (κ2) is 12.2. The standard InChI is InChI=1S/C24H30F2N3O8P/c1-5-34-38(33,35-6-2)18(25)14-17-20(36-15(3)30)24(4,26)22(37-17)29-13-12-19(28-23(29)32)27-21(31)16-10-8-7-9-11-16/h7-13,17-18,20,22H,5-6,14H2,1-4H3,(H,27,28,31,32)/t17-,18?,20-,22-,24-/m1/s1. The Balaban J connectivity index is 1.87. The highest BCUT2D eigenvalue weighted by atomic mass is 31.2. The Morgan fingerprint density at radius 2 is 1.84 bits per heavy atom. The first-order chi connectivity index (χ1) is 17.9. The quantitative estimate of drug-likeness (QED) is 0.321. The van der Waals surface area contributed by atoms with Gasteiger partial charge in [0, 0.05) is 25.1 Å². The molecule has 1 aromatic heterocycles. The Morgan fingerprint density at radius 3 is 2.39 bits per heavy atom. The molecule has 1 fully saturated rings. The fourth-order valence-corrected chi connectivity index (χ4v) is 5.66. The van der Waals surface area contributed by atoms with Crippen LogP contribution in [0.3, 0.4) is 0 Å². The van der Waals surface area contributed by atoms with E-state index >= 15 is 8.78 Å². The number of aromatic nitrogens is 2. The van der Waals surface area contributed by atoms with Crippen molar-refractivity contribution in [2.24, 2.45) is 0 Å². The van der Waals surface area contributed by atoms with Gasteiger partial charge in [0.25, 0.3) is 5.91 Å². The molecule has 1 N–H and O–H groups in total. The summed E-state index contributed by atoms with van der Waals surface area (Å²) in [7, 11) is -4.24. The lowest BCUT2D eigenvalue weighted by Crippen LogP contribution is -2.45. The summed E-state index contributed by atoms with van der Waals surface area (Å²) >= 11 is 0. The molecule has 0 spiro atoms. The molecule has 0 saturated carbocycles. The fraction of sp³-hybridized carbons (Fsp3) is 0.500. The summed E-state index contributed by atoms with van der Waals surface area (Å²) < 4.78 is 65.7. The summed E-state index contributed by atoms with van der Waals surface area (Å²) in [5, 5.41) is 2.47. The van der Waals surface area contributed by atoms with Crippen LogP contribution in [0.5, 0.6) is 0 Å². The molecule has 2 heterocycles. The van der Waals surface area contributed by atoms with Gasteiger partial charge < -0.3 is 23.8 Å². The van der Waals surface area contributed by atoms with Crippen LogP contribution in [-0.2, 0) is 27.9 Å². The van der Waals surface area contributed by atoms with Gasteiger partial charge in [-0.1, -0.05) is 18.2 Å². The Morgan fingerprint density at radius 1 is 1.21 bits per heavy atom. The van der Waals surface area contributed by atoms with Crippen LogP contribution in [0.15, 0.2) is 47.4 Å². The molecule has 1 aliphatic heterocycles. The third kappa shape index (κ3) is 6.52. The molecule has 14 heteroatoms. The number of ether oxygens (including phenoxy) is 2. The van der Waals surface area contributed by atoms with Gasteiger partial charge in [0.2, 0.25) is 5.91 Å². The molecule has 5 atom stereocenters. The van der Waals surface area contributed by atoms with Gasteiger partial charge in [0.15, 0.2) is 18.0 Å². The van der Waals surface area contributed by atoms with Crippen molar-refractivity contribution >= 4 is 25.3 Å². The number of nitrogens with zero attached hydrogens (tertiary/aromatic N) is 2. The zero-order chi connectivity index (χ0) is 28.1. The molecule has 0 radical (unpaired) electrons. The predicted octanol–water partition coefficient (Wildman–Crippen LogP) is 4.00. The van der Waals surface area contributed by atoms with Crippen LogP contribution in [0, 0.1) is 0 Å². The molecule has 1 amide bonds. The number of hydrogen-bond donors (Lipinski definition) is 1. The fourth-order valence-electron chi connectivity index (χ4n) is 4.08. The van der Waals surface area contributed by atoms with E-state index in [0.29, 0.717) is 5.56 Å². The van der Waals surface area contributed by atoms with E-state index in [-0.39, 0.29) is 19.0 Å². The zero-order valence-electron chi connectivity index (χ0n) is 21.3. The van der Waals surface area contributed by atoms with Crippen molar-refractivity contribution in [3.8, 4) is 0 Å². The van der Waals surface area contributed by atoms with E-state index in [9.17, 15) is 18.9 Å². The first-order valence-electron chi connectivity index (χ1n) is 11.9. The van der Waals surface area contributed by atoms with Gasteiger partial charge in [-0.2, -0.15) is 4.98 Å². The number of rotatable bonds is 11. The summed E-state index contributed by atoms with van der Waals surface area (Å²) in [4.78, 5) is 40.7. The summed E-state index contributed by atoms with van der Waals surface area (Å²) in [6, 6.07) is 9.46. The molecule has 1 saturated heterocycles. The van der Waals surface area contributed by atoms with E-state index < -0.39 is 61.6 Å². The number of halogens is 2. The Bertz CT molecular complexity index is 1230. The second-order valence-electron chi connectivity index (χ2n) is 8.58. The molecule has 208 valence electrons. The minimum absolute atomic E-state index is 0.0927. The van der Waals surface area contributed by atoms with Gasteiger partial charge in [-0.25, -0.2) is 13.6 Å². The summed E-state index contributed by atoms with van der Waals surface area (Å²) in [5.74, 6) is -3.71. The number of alkyl halides is 2. The van der Waals surface area contributed by atoms with Gasteiger partial charge >= 0.3 is 19.3 Å². The molecule has 2 aromatic rings. The second-order valence-corrected chi connectivity index (χ2v) is 10.7. The normalized spacial score (nSPS) is 24.1. The van der Waals surface area contributed by atoms with E-state index in [1.54, 1.807) is 30.3 Å². The van der Waals surface area contributed by atoms with Crippen LogP contribution >= 0.6 is 7.60 Å². The topological polar surface area (TPSA) is 135 Å². The van der Waals surface area contributed by atoms with Crippen LogP contribution in [0.25, 0.3) is 0 Å². The highest BCUT2D eigenvalue weighted by Crippen LogP contribution is 2.56. The molecule has 1 aliphatic rings. The molecule has 1 aromatic carbocycles. The molecule has 0 bridgehead atoms. The number of anilines is 1. The van der Waals surface area contributed by atoms with Crippen molar-refractivity contribution in [1.29, 1.82) is 0 Å². The molecule has 3 rings (SSSR count). The largest absolute Gasteiger partial charge is 0.456 e. The van der Waals surface area contributed by atoms with Crippen LogP contribution < -0.4 is 11.0 Å². The average Bonchev–Trinajstić information content (AvgIpc) is 3.09. The predicted molar refractivity (Wildman–Crippen MR) is 132 cm³/mol. The monoisotopic (exact) mass is 557 g/mol. The average molecular weight is 557 g/mol. The van der Waals surface area contributed by atoms with Crippen molar-refractivity contribution < 1.29 is 41.5 Å². The molecular formula is C24H30F2N3O8P. The summed E-state index contributed by atoms with van der Waals surface area (Å²) in [6.45, 7) is 4.87. The van der Waals surface area contributed by atoms with Crippen molar-refractivity contribution in [3.05, 3.63) is 58.6 Å². The van der Waals surface area contributed by atoms with Gasteiger partial charge in [0.05, 0.1) is 13.2 Å². The number of benzene rings is 1. The minimum Gasteiger partial charge on any atom is -0.456 e. The molecule has 38 heavy (non-hydrogen) atoms.